The highest BCUT2D eigenvalue weighted by molar-refractivity contribution is 6.30. The highest BCUT2D eigenvalue weighted by atomic mass is 35.5. The summed E-state index contributed by atoms with van der Waals surface area (Å²) in [6.07, 6.45) is 2.97. The van der Waals surface area contributed by atoms with Crippen molar-refractivity contribution in [3.63, 3.8) is 0 Å². The molecule has 0 spiro atoms. The van der Waals surface area contributed by atoms with Crippen LogP contribution in [-0.4, -0.2) is 54.3 Å². The summed E-state index contributed by atoms with van der Waals surface area (Å²) >= 11 is 5.97. The van der Waals surface area contributed by atoms with Gasteiger partial charge in [-0.2, -0.15) is 0 Å². The number of aliphatic carboxylic acids is 2. The van der Waals surface area contributed by atoms with Gasteiger partial charge >= 0.3 is 11.9 Å². The molecule has 0 bridgehead atoms. The predicted molar refractivity (Wildman–Crippen MR) is 164 cm³/mol. The summed E-state index contributed by atoms with van der Waals surface area (Å²) in [5.41, 5.74) is 2.24. The number of carbonyl (C=O) groups is 2. The molecule has 0 aliphatic carbocycles. The van der Waals surface area contributed by atoms with Crippen molar-refractivity contribution in [1.29, 1.82) is 0 Å². The van der Waals surface area contributed by atoms with Crippen LogP contribution in [0.1, 0.15) is 22.5 Å². The molecule has 12 nitrogen and oxygen atoms in total. The number of benzene rings is 2. The van der Waals surface area contributed by atoms with Gasteiger partial charge < -0.3 is 20.8 Å². The predicted octanol–water partition coefficient (Wildman–Crippen LogP) is 3.24. The molecule has 43 heavy (non-hydrogen) atoms. The second-order valence-electron chi connectivity index (χ2n) is 9.48. The Morgan fingerprint density at radius 3 is 1.74 bits per heavy atom. The number of aromatic nitrogens is 4. The Labute approximate surface area is 252 Å². The van der Waals surface area contributed by atoms with Gasteiger partial charge in [0.25, 0.3) is 11.1 Å². The molecule has 2 aromatic heterocycles. The quantitative estimate of drug-likeness (QED) is 0.187. The molecule has 4 N–H and O–H groups in total. The Bertz CT molecular complexity index is 1660. The van der Waals surface area contributed by atoms with Crippen LogP contribution in [0.5, 0.6) is 0 Å². The van der Waals surface area contributed by atoms with Gasteiger partial charge in [0.2, 0.25) is 0 Å². The molecular weight excluding hydrogens is 576 g/mol. The summed E-state index contributed by atoms with van der Waals surface area (Å²) in [4.78, 5) is 54.1. The zero-order chi connectivity index (χ0) is 31.4. The second-order valence-corrected chi connectivity index (χ2v) is 9.84. The summed E-state index contributed by atoms with van der Waals surface area (Å²) in [5, 5.41) is 23.7. The van der Waals surface area contributed by atoms with Crippen molar-refractivity contribution in [3.05, 3.63) is 115 Å². The molecule has 0 fully saturated rings. The van der Waals surface area contributed by atoms with E-state index < -0.39 is 29.6 Å². The van der Waals surface area contributed by atoms with Crippen LogP contribution >= 0.6 is 11.6 Å². The third-order valence-corrected chi connectivity index (χ3v) is 6.66. The molecule has 13 heteroatoms. The molecule has 4 rings (SSSR count). The van der Waals surface area contributed by atoms with E-state index in [9.17, 15) is 19.2 Å². The Hall–Kier alpha value is -4.97. The summed E-state index contributed by atoms with van der Waals surface area (Å²) in [6.45, 7) is 3.47. The first-order valence-corrected chi connectivity index (χ1v) is 13.8. The van der Waals surface area contributed by atoms with Gasteiger partial charge in [-0.3, -0.25) is 28.3 Å². The number of aryl methyl sites for hydroxylation is 1. The smallest absolute Gasteiger partial charge is 0.323 e. The van der Waals surface area contributed by atoms with Crippen LogP contribution in [0.2, 0.25) is 5.15 Å². The van der Waals surface area contributed by atoms with E-state index in [1.165, 1.54) is 10.8 Å². The van der Waals surface area contributed by atoms with Crippen LogP contribution in [0, 0.1) is 13.8 Å². The van der Waals surface area contributed by atoms with Gasteiger partial charge in [-0.05, 0) is 37.8 Å². The van der Waals surface area contributed by atoms with Gasteiger partial charge in [-0.25, -0.2) is 9.97 Å². The average Bonchev–Trinajstić information content (AvgIpc) is 2.98. The van der Waals surface area contributed by atoms with E-state index >= 15 is 0 Å². The van der Waals surface area contributed by atoms with Crippen molar-refractivity contribution in [1.82, 2.24) is 19.1 Å². The molecule has 0 saturated carbocycles. The minimum absolute atomic E-state index is 0.0628. The lowest BCUT2D eigenvalue weighted by Gasteiger charge is -2.12. The lowest BCUT2D eigenvalue weighted by atomic mass is 10.1. The zero-order valence-electron chi connectivity index (χ0n) is 23.8. The third kappa shape index (κ3) is 9.82. The van der Waals surface area contributed by atoms with E-state index in [0.717, 1.165) is 22.1 Å². The number of hydrogen-bond donors (Lipinski definition) is 4. The Balaban J connectivity index is 0.000000236. The SMILES string of the molecule is Cc1c(Cl)nc(NCCc2ccccc2)c(=O)n1CC(=O)O.Cc1cnc(NCCc2ccccc2)c(=O)n1CC(=O)O. The molecule has 226 valence electrons. The van der Waals surface area contributed by atoms with Crippen molar-refractivity contribution >= 4 is 35.2 Å². The van der Waals surface area contributed by atoms with Gasteiger partial charge in [-0.15, -0.1) is 0 Å². The molecule has 2 heterocycles. The summed E-state index contributed by atoms with van der Waals surface area (Å²) in [7, 11) is 0. The molecule has 0 amide bonds. The van der Waals surface area contributed by atoms with E-state index in [0.29, 0.717) is 30.9 Å². The van der Waals surface area contributed by atoms with Crippen molar-refractivity contribution in [2.45, 2.75) is 39.8 Å². The average molecular weight is 609 g/mol. The number of nitrogens with one attached hydrogen (secondary N) is 2. The highest BCUT2D eigenvalue weighted by Crippen LogP contribution is 2.12. The van der Waals surface area contributed by atoms with Crippen LogP contribution in [0.25, 0.3) is 0 Å². The summed E-state index contributed by atoms with van der Waals surface area (Å²) in [6, 6.07) is 19.7. The second kappa shape index (κ2) is 15.9. The van der Waals surface area contributed by atoms with Crippen LogP contribution in [0.15, 0.2) is 76.4 Å². The van der Waals surface area contributed by atoms with Crippen LogP contribution in [-0.2, 0) is 35.5 Å². The normalized spacial score (nSPS) is 10.4. The first-order valence-electron chi connectivity index (χ1n) is 13.4. The molecule has 0 aliphatic rings. The van der Waals surface area contributed by atoms with E-state index in [4.69, 9.17) is 21.8 Å². The fourth-order valence-electron chi connectivity index (χ4n) is 4.02. The van der Waals surface area contributed by atoms with Crippen LogP contribution in [0.4, 0.5) is 11.6 Å². The van der Waals surface area contributed by atoms with Crippen LogP contribution in [0.3, 0.4) is 0 Å². The van der Waals surface area contributed by atoms with Gasteiger partial charge in [-0.1, -0.05) is 72.3 Å². The number of nitrogens with zero attached hydrogens (tertiary/aromatic N) is 4. The maximum atomic E-state index is 12.2. The molecule has 0 aliphatic heterocycles. The molecule has 0 atom stereocenters. The van der Waals surface area contributed by atoms with Crippen LogP contribution < -0.4 is 21.8 Å². The third-order valence-electron chi connectivity index (χ3n) is 6.30. The number of hydrogen-bond acceptors (Lipinski definition) is 8. The lowest BCUT2D eigenvalue weighted by Crippen LogP contribution is -2.30. The van der Waals surface area contributed by atoms with E-state index in [2.05, 4.69) is 20.6 Å². The van der Waals surface area contributed by atoms with E-state index in [1.54, 1.807) is 13.8 Å². The minimum atomic E-state index is -1.11. The maximum absolute atomic E-state index is 12.2. The Kier molecular flexibility index (Phi) is 12.0. The van der Waals surface area contributed by atoms with Crippen molar-refractivity contribution < 1.29 is 19.8 Å². The lowest BCUT2D eigenvalue weighted by molar-refractivity contribution is -0.138. The van der Waals surface area contributed by atoms with Gasteiger partial charge in [0.1, 0.15) is 13.1 Å². The highest BCUT2D eigenvalue weighted by Gasteiger charge is 2.14. The molecular formula is C30H33ClN6O6. The largest absolute Gasteiger partial charge is 0.480 e. The Morgan fingerprint density at radius 1 is 0.767 bits per heavy atom. The van der Waals surface area contributed by atoms with Crippen molar-refractivity contribution in [2.75, 3.05) is 23.7 Å². The first-order chi connectivity index (χ1) is 20.6. The topological polar surface area (TPSA) is 168 Å². The zero-order valence-corrected chi connectivity index (χ0v) is 24.5. The fraction of sp³-hybridized carbons (Fsp3) is 0.267. The van der Waals surface area contributed by atoms with Gasteiger partial charge in [0, 0.05) is 25.0 Å². The maximum Gasteiger partial charge on any atom is 0.323 e. The number of anilines is 2. The summed E-state index contributed by atoms with van der Waals surface area (Å²) < 4.78 is 2.29. The first kappa shape index (κ1) is 32.5. The van der Waals surface area contributed by atoms with Crippen molar-refractivity contribution in [2.24, 2.45) is 0 Å². The molecule has 4 aromatic rings. The van der Waals surface area contributed by atoms with E-state index in [-0.39, 0.29) is 23.3 Å². The van der Waals surface area contributed by atoms with Crippen molar-refractivity contribution in [3.8, 4) is 0 Å². The monoisotopic (exact) mass is 608 g/mol. The number of rotatable bonds is 12. The van der Waals surface area contributed by atoms with E-state index in [1.807, 2.05) is 60.7 Å². The number of halogens is 1. The minimum Gasteiger partial charge on any atom is -0.480 e. The number of carboxylic acids is 2. The molecule has 0 radical (unpaired) electrons. The van der Waals surface area contributed by atoms with Gasteiger partial charge in [0.15, 0.2) is 16.8 Å². The Morgan fingerprint density at radius 2 is 1.23 bits per heavy atom. The number of carboxylic acid groups (broad SMARTS) is 2. The molecule has 2 aromatic carbocycles. The molecule has 0 saturated heterocycles. The molecule has 0 unspecified atom stereocenters. The summed E-state index contributed by atoms with van der Waals surface area (Å²) in [5.74, 6) is -1.92. The standard InChI is InChI=1S/C15H16ClN3O3.C15H17N3O3/c1-10-13(16)18-14(15(22)19(10)9-12(20)21)17-8-7-11-5-3-2-4-6-11;1-11-9-17-14(15(21)18(11)10-13(19)20)16-8-7-12-5-3-2-4-6-12/h2-6H,7-9H2,1H3,(H,17,18)(H,20,21);2-6,9H,7-8,10H2,1H3,(H,16,17)(H,19,20). The fourth-order valence-corrected chi connectivity index (χ4v) is 4.21. The van der Waals surface area contributed by atoms with Gasteiger partial charge in [0.05, 0.1) is 5.69 Å².